The number of rotatable bonds is 3. The Kier molecular flexibility index (Phi) is 4.00. The van der Waals surface area contributed by atoms with Crippen molar-refractivity contribution < 1.29 is 0 Å². The van der Waals surface area contributed by atoms with Crippen LogP contribution in [0.2, 0.25) is 0 Å². The van der Waals surface area contributed by atoms with Crippen LogP contribution in [0.25, 0.3) is 0 Å². The topological polar surface area (TPSA) is 39.1 Å². The van der Waals surface area contributed by atoms with Gasteiger partial charge in [-0.25, -0.2) is 0 Å². The van der Waals surface area contributed by atoms with E-state index in [1.807, 2.05) is 24.3 Å². The molecule has 96 valence electrons. The van der Waals surface area contributed by atoms with E-state index in [2.05, 4.69) is 37.2 Å². The van der Waals surface area contributed by atoms with Gasteiger partial charge in [-0.2, -0.15) is 5.26 Å². The molecule has 3 unspecified atom stereocenters. The van der Waals surface area contributed by atoms with Crippen LogP contribution in [0, 0.1) is 11.3 Å². The van der Waals surface area contributed by atoms with Gasteiger partial charge in [-0.1, -0.05) is 12.1 Å². The standard InChI is InChI=1S/C15H21N3/c1-11-8-15(10-18(11)3)17-12(2)14-6-4-13(9-16)5-7-14/h4-7,11-12,15,17H,8,10H2,1-3H3. The average molecular weight is 243 g/mol. The van der Waals surface area contributed by atoms with Crippen LogP contribution in [0.3, 0.4) is 0 Å². The average Bonchev–Trinajstić information content (AvgIpc) is 2.68. The van der Waals surface area contributed by atoms with Crippen molar-refractivity contribution in [1.29, 1.82) is 5.26 Å². The number of benzene rings is 1. The van der Waals surface area contributed by atoms with Crippen molar-refractivity contribution in [3.8, 4) is 6.07 Å². The molecule has 3 atom stereocenters. The van der Waals surface area contributed by atoms with Gasteiger partial charge in [-0.3, -0.25) is 0 Å². The van der Waals surface area contributed by atoms with Gasteiger partial charge in [-0.15, -0.1) is 0 Å². The summed E-state index contributed by atoms with van der Waals surface area (Å²) >= 11 is 0. The monoisotopic (exact) mass is 243 g/mol. The lowest BCUT2D eigenvalue weighted by Crippen LogP contribution is -2.33. The number of hydrogen-bond donors (Lipinski definition) is 1. The summed E-state index contributed by atoms with van der Waals surface area (Å²) in [6.45, 7) is 5.57. The number of nitrogens with one attached hydrogen (secondary N) is 1. The first kappa shape index (κ1) is 13.1. The van der Waals surface area contributed by atoms with Crippen molar-refractivity contribution in [2.24, 2.45) is 0 Å². The Morgan fingerprint density at radius 2 is 2.06 bits per heavy atom. The third-order valence-electron chi connectivity index (χ3n) is 3.91. The minimum Gasteiger partial charge on any atom is -0.306 e. The van der Waals surface area contributed by atoms with Gasteiger partial charge in [0.1, 0.15) is 0 Å². The van der Waals surface area contributed by atoms with E-state index in [9.17, 15) is 0 Å². The zero-order valence-electron chi connectivity index (χ0n) is 11.4. The van der Waals surface area contributed by atoms with Gasteiger partial charge < -0.3 is 10.2 Å². The lowest BCUT2D eigenvalue weighted by molar-refractivity contribution is 0.325. The van der Waals surface area contributed by atoms with Crippen LogP contribution in [0.15, 0.2) is 24.3 Å². The summed E-state index contributed by atoms with van der Waals surface area (Å²) < 4.78 is 0. The van der Waals surface area contributed by atoms with E-state index in [4.69, 9.17) is 5.26 Å². The van der Waals surface area contributed by atoms with Gasteiger partial charge in [0.2, 0.25) is 0 Å². The summed E-state index contributed by atoms with van der Waals surface area (Å²) in [7, 11) is 2.18. The maximum Gasteiger partial charge on any atom is 0.0991 e. The van der Waals surface area contributed by atoms with E-state index in [-0.39, 0.29) is 0 Å². The fraction of sp³-hybridized carbons (Fsp3) is 0.533. The Morgan fingerprint density at radius 1 is 1.39 bits per heavy atom. The molecule has 2 rings (SSSR count). The van der Waals surface area contributed by atoms with Crippen LogP contribution in [-0.4, -0.2) is 30.6 Å². The highest BCUT2D eigenvalue weighted by Crippen LogP contribution is 2.20. The van der Waals surface area contributed by atoms with Crippen molar-refractivity contribution in [1.82, 2.24) is 10.2 Å². The molecule has 1 N–H and O–H groups in total. The van der Waals surface area contributed by atoms with Crippen LogP contribution < -0.4 is 5.32 Å². The Hall–Kier alpha value is -1.37. The molecule has 0 amide bonds. The Balaban J connectivity index is 1.95. The Labute approximate surface area is 109 Å². The van der Waals surface area contributed by atoms with Crippen molar-refractivity contribution in [2.45, 2.75) is 38.4 Å². The molecule has 1 aliphatic heterocycles. The zero-order valence-corrected chi connectivity index (χ0v) is 11.4. The van der Waals surface area contributed by atoms with Gasteiger partial charge in [0.15, 0.2) is 0 Å². The molecule has 1 heterocycles. The summed E-state index contributed by atoms with van der Waals surface area (Å²) in [5, 5.41) is 12.5. The fourth-order valence-corrected chi connectivity index (χ4v) is 2.61. The van der Waals surface area contributed by atoms with Gasteiger partial charge in [0.05, 0.1) is 11.6 Å². The lowest BCUT2D eigenvalue weighted by Gasteiger charge is -2.19. The molecule has 3 heteroatoms. The number of nitrogens with zero attached hydrogens (tertiary/aromatic N) is 2. The Morgan fingerprint density at radius 3 is 2.56 bits per heavy atom. The van der Waals surface area contributed by atoms with Crippen LogP contribution >= 0.6 is 0 Å². The van der Waals surface area contributed by atoms with Gasteiger partial charge in [0, 0.05) is 24.7 Å². The smallest absolute Gasteiger partial charge is 0.0991 e. The highest BCUT2D eigenvalue weighted by atomic mass is 15.2. The van der Waals surface area contributed by atoms with Crippen molar-refractivity contribution >= 4 is 0 Å². The fourth-order valence-electron chi connectivity index (χ4n) is 2.61. The highest BCUT2D eigenvalue weighted by Gasteiger charge is 2.26. The van der Waals surface area contributed by atoms with Crippen LogP contribution in [-0.2, 0) is 0 Å². The molecule has 1 fully saturated rings. The van der Waals surface area contributed by atoms with E-state index < -0.39 is 0 Å². The molecule has 0 aromatic heterocycles. The summed E-state index contributed by atoms with van der Waals surface area (Å²) in [6, 6.07) is 11.6. The third-order valence-corrected chi connectivity index (χ3v) is 3.91. The first-order valence-electron chi connectivity index (χ1n) is 6.56. The third kappa shape index (κ3) is 2.90. The molecule has 3 nitrogen and oxygen atoms in total. The molecule has 1 aromatic carbocycles. The molecule has 0 bridgehead atoms. The lowest BCUT2D eigenvalue weighted by atomic mass is 10.0. The van der Waals surface area contributed by atoms with Gasteiger partial charge >= 0.3 is 0 Å². The molecule has 0 spiro atoms. The van der Waals surface area contributed by atoms with E-state index in [0.717, 1.165) is 12.1 Å². The zero-order chi connectivity index (χ0) is 13.1. The largest absolute Gasteiger partial charge is 0.306 e. The maximum atomic E-state index is 8.78. The minimum atomic E-state index is 0.335. The van der Waals surface area contributed by atoms with Crippen molar-refractivity contribution in [2.75, 3.05) is 13.6 Å². The summed E-state index contributed by atoms with van der Waals surface area (Å²) in [6.07, 6.45) is 1.21. The second-order valence-electron chi connectivity index (χ2n) is 5.34. The number of likely N-dealkylation sites (tertiary alicyclic amines) is 1. The quantitative estimate of drug-likeness (QED) is 0.885. The van der Waals surface area contributed by atoms with Crippen LogP contribution in [0.5, 0.6) is 0 Å². The predicted molar refractivity (Wildman–Crippen MR) is 73.2 cm³/mol. The molecule has 0 aliphatic carbocycles. The summed E-state index contributed by atoms with van der Waals surface area (Å²) in [4.78, 5) is 2.39. The molecular formula is C15H21N3. The molecular weight excluding hydrogens is 222 g/mol. The van der Waals surface area contributed by atoms with Crippen LogP contribution in [0.1, 0.15) is 37.4 Å². The number of nitriles is 1. The van der Waals surface area contributed by atoms with E-state index in [1.165, 1.54) is 12.0 Å². The molecule has 18 heavy (non-hydrogen) atoms. The first-order valence-corrected chi connectivity index (χ1v) is 6.56. The molecule has 1 saturated heterocycles. The molecule has 0 radical (unpaired) electrons. The van der Waals surface area contributed by atoms with Crippen molar-refractivity contribution in [3.63, 3.8) is 0 Å². The molecule has 1 aromatic rings. The van der Waals surface area contributed by atoms with E-state index in [0.29, 0.717) is 18.1 Å². The van der Waals surface area contributed by atoms with Crippen LogP contribution in [0.4, 0.5) is 0 Å². The summed E-state index contributed by atoms with van der Waals surface area (Å²) in [5.74, 6) is 0. The number of likely N-dealkylation sites (N-methyl/N-ethyl adjacent to an activating group) is 1. The number of hydrogen-bond acceptors (Lipinski definition) is 3. The van der Waals surface area contributed by atoms with Gasteiger partial charge in [-0.05, 0) is 45.0 Å². The second kappa shape index (κ2) is 5.51. The highest BCUT2D eigenvalue weighted by molar-refractivity contribution is 5.32. The Bertz CT molecular complexity index is 422. The predicted octanol–water partition coefficient (Wildman–Crippen LogP) is 2.30. The van der Waals surface area contributed by atoms with E-state index >= 15 is 0 Å². The van der Waals surface area contributed by atoms with Gasteiger partial charge in [0.25, 0.3) is 0 Å². The van der Waals surface area contributed by atoms with Crippen molar-refractivity contribution in [3.05, 3.63) is 35.4 Å². The second-order valence-corrected chi connectivity index (χ2v) is 5.34. The SMILES string of the molecule is CC(NC1CC(C)N(C)C1)c1ccc(C#N)cc1. The normalized spacial score (nSPS) is 25.9. The first-order chi connectivity index (χ1) is 8.60. The summed E-state index contributed by atoms with van der Waals surface area (Å²) in [5.41, 5.74) is 1.97. The molecule has 1 aliphatic rings. The molecule has 0 saturated carbocycles. The maximum absolute atomic E-state index is 8.78. The minimum absolute atomic E-state index is 0.335. The van der Waals surface area contributed by atoms with E-state index in [1.54, 1.807) is 0 Å².